The Morgan fingerprint density at radius 2 is 1.90 bits per heavy atom. The summed E-state index contributed by atoms with van der Waals surface area (Å²) < 4.78 is 29.1. The first-order chi connectivity index (χ1) is 14.4. The molecule has 2 aromatic carbocycles. The van der Waals surface area contributed by atoms with E-state index in [-0.39, 0.29) is 40.7 Å². The molecule has 4 aromatic rings. The van der Waals surface area contributed by atoms with Gasteiger partial charge in [-0.1, -0.05) is 11.6 Å². The van der Waals surface area contributed by atoms with E-state index in [4.69, 9.17) is 11.6 Å². The number of halogens is 3. The van der Waals surface area contributed by atoms with Crippen molar-refractivity contribution in [1.82, 2.24) is 19.3 Å². The van der Waals surface area contributed by atoms with Crippen molar-refractivity contribution in [1.29, 1.82) is 0 Å². The Hall–Kier alpha value is -3.59. The lowest BCUT2D eigenvalue weighted by Crippen LogP contribution is -2.23. The van der Waals surface area contributed by atoms with Crippen LogP contribution in [0.4, 0.5) is 14.5 Å². The summed E-state index contributed by atoms with van der Waals surface area (Å²) in [4.78, 5) is 29.1. The highest BCUT2D eigenvalue weighted by Gasteiger charge is 2.13. The lowest BCUT2D eigenvalue weighted by molar-refractivity contribution is -0.116. The molecule has 0 unspecified atom stereocenters. The van der Waals surface area contributed by atoms with E-state index in [1.807, 2.05) is 0 Å². The maximum atomic E-state index is 13.2. The smallest absolute Gasteiger partial charge is 0.264 e. The number of aromatic nitrogens is 4. The number of amides is 1. The van der Waals surface area contributed by atoms with E-state index in [1.165, 1.54) is 58.2 Å². The van der Waals surface area contributed by atoms with E-state index in [0.717, 1.165) is 6.07 Å². The van der Waals surface area contributed by atoms with Crippen molar-refractivity contribution in [2.45, 2.75) is 13.0 Å². The molecule has 0 saturated heterocycles. The number of nitrogens with one attached hydrogen (secondary N) is 1. The third-order valence-electron chi connectivity index (χ3n) is 4.41. The van der Waals surface area contributed by atoms with Gasteiger partial charge < -0.3 is 5.32 Å². The monoisotopic (exact) mass is 429 g/mol. The highest BCUT2D eigenvalue weighted by atomic mass is 35.5. The average molecular weight is 430 g/mol. The number of hydrogen-bond donors (Lipinski definition) is 1. The minimum absolute atomic E-state index is 0.00577. The van der Waals surface area contributed by atoms with Gasteiger partial charge >= 0.3 is 0 Å². The molecule has 30 heavy (non-hydrogen) atoms. The highest BCUT2D eigenvalue weighted by molar-refractivity contribution is 6.31. The van der Waals surface area contributed by atoms with Gasteiger partial charge in [0.05, 0.1) is 23.2 Å². The van der Waals surface area contributed by atoms with Gasteiger partial charge in [-0.15, -0.1) is 0 Å². The average Bonchev–Trinajstić information content (AvgIpc) is 3.16. The molecule has 2 heterocycles. The molecule has 152 valence electrons. The fraction of sp³-hybridized carbons (Fsp3) is 0.100. The van der Waals surface area contributed by atoms with E-state index in [2.05, 4.69) is 15.4 Å². The van der Waals surface area contributed by atoms with Gasteiger partial charge in [-0.05, 0) is 42.5 Å². The number of carbonyl (C=O) groups is 1. The van der Waals surface area contributed by atoms with Crippen LogP contribution in [0.1, 0.15) is 6.42 Å². The maximum Gasteiger partial charge on any atom is 0.264 e. The predicted molar refractivity (Wildman–Crippen MR) is 108 cm³/mol. The van der Waals surface area contributed by atoms with Gasteiger partial charge in [-0.2, -0.15) is 5.10 Å². The largest absolute Gasteiger partial charge is 0.326 e. The number of carbonyl (C=O) groups excluding carboxylic acids is 1. The van der Waals surface area contributed by atoms with Crippen molar-refractivity contribution in [3.63, 3.8) is 0 Å². The molecule has 0 spiro atoms. The number of hydrogen-bond acceptors (Lipinski definition) is 4. The van der Waals surface area contributed by atoms with Crippen LogP contribution in [0.15, 0.2) is 59.8 Å². The van der Waals surface area contributed by atoms with Crippen LogP contribution in [-0.4, -0.2) is 25.2 Å². The summed E-state index contributed by atoms with van der Waals surface area (Å²) in [5.41, 5.74) is 0.889. The second-order valence-corrected chi connectivity index (χ2v) is 6.85. The molecule has 0 aliphatic carbocycles. The number of nitrogens with zero attached hydrogens (tertiary/aromatic N) is 4. The summed E-state index contributed by atoms with van der Waals surface area (Å²) in [5, 5.41) is 6.92. The molecular weight excluding hydrogens is 416 g/mol. The van der Waals surface area contributed by atoms with Crippen molar-refractivity contribution in [3.05, 3.63) is 82.0 Å². The minimum atomic E-state index is -0.582. The first-order valence-electron chi connectivity index (χ1n) is 8.86. The van der Waals surface area contributed by atoms with Gasteiger partial charge in [0.25, 0.3) is 5.56 Å². The zero-order chi connectivity index (χ0) is 21.3. The van der Waals surface area contributed by atoms with Crippen molar-refractivity contribution in [2.75, 3.05) is 5.32 Å². The van der Waals surface area contributed by atoms with Gasteiger partial charge in [-0.25, -0.2) is 18.4 Å². The molecular formula is C20H14ClF2N5O2. The van der Waals surface area contributed by atoms with Gasteiger partial charge in [-0.3, -0.25) is 14.2 Å². The van der Waals surface area contributed by atoms with Crippen LogP contribution < -0.4 is 10.9 Å². The quantitative estimate of drug-likeness (QED) is 0.526. The third kappa shape index (κ3) is 3.92. The fourth-order valence-corrected chi connectivity index (χ4v) is 3.08. The lowest BCUT2D eigenvalue weighted by Gasteiger charge is -2.08. The van der Waals surface area contributed by atoms with E-state index in [9.17, 15) is 18.4 Å². The Kier molecular flexibility index (Phi) is 5.28. The minimum Gasteiger partial charge on any atom is -0.326 e. The van der Waals surface area contributed by atoms with Gasteiger partial charge in [0, 0.05) is 18.7 Å². The summed E-state index contributed by atoms with van der Waals surface area (Å²) in [6.07, 6.45) is 2.70. The van der Waals surface area contributed by atoms with E-state index in [1.54, 1.807) is 0 Å². The Labute approximate surface area is 173 Å². The van der Waals surface area contributed by atoms with Crippen LogP contribution in [0, 0.1) is 11.6 Å². The summed E-state index contributed by atoms with van der Waals surface area (Å²) in [6.45, 7) is 0.0876. The molecule has 10 heteroatoms. The van der Waals surface area contributed by atoms with Crippen LogP contribution in [-0.2, 0) is 11.3 Å². The van der Waals surface area contributed by atoms with E-state index in [0.29, 0.717) is 17.0 Å². The standard InChI is InChI=1S/C20H14ClF2N5O2/c21-16-9-13(3-6-17(16)23)26-18(29)7-8-27-11-24-19-15(20(27)30)10-25-28(19)14-4-1-12(22)2-5-14/h1-6,9-11H,7-8H2,(H,26,29). The molecule has 7 nitrogen and oxygen atoms in total. The second-order valence-electron chi connectivity index (χ2n) is 6.44. The van der Waals surface area contributed by atoms with Crippen molar-refractivity contribution >= 4 is 34.2 Å². The molecule has 0 aliphatic heterocycles. The normalized spacial score (nSPS) is 11.0. The second kappa shape index (κ2) is 8.03. The van der Waals surface area contributed by atoms with Crippen LogP contribution >= 0.6 is 11.6 Å². The fourth-order valence-electron chi connectivity index (χ4n) is 2.90. The maximum absolute atomic E-state index is 13.2. The number of benzene rings is 2. The molecule has 1 amide bonds. The highest BCUT2D eigenvalue weighted by Crippen LogP contribution is 2.19. The van der Waals surface area contributed by atoms with E-state index >= 15 is 0 Å². The van der Waals surface area contributed by atoms with Gasteiger partial charge in [0.1, 0.15) is 17.0 Å². The van der Waals surface area contributed by atoms with Crippen LogP contribution in [0.2, 0.25) is 5.02 Å². The molecule has 0 saturated carbocycles. The van der Waals surface area contributed by atoms with Crippen LogP contribution in [0.3, 0.4) is 0 Å². The molecule has 0 aliphatic rings. The number of anilines is 1. The number of fused-ring (bicyclic) bond motifs is 1. The summed E-state index contributed by atoms with van der Waals surface area (Å²) in [6, 6.07) is 9.48. The van der Waals surface area contributed by atoms with Crippen molar-refractivity contribution in [3.8, 4) is 5.69 Å². The Balaban J connectivity index is 1.50. The first-order valence-corrected chi connectivity index (χ1v) is 9.24. The summed E-state index contributed by atoms with van der Waals surface area (Å²) >= 11 is 5.69. The molecule has 1 N–H and O–H groups in total. The first kappa shape index (κ1) is 19.7. The molecule has 0 radical (unpaired) electrons. The zero-order valence-electron chi connectivity index (χ0n) is 15.3. The van der Waals surface area contributed by atoms with Crippen molar-refractivity contribution < 1.29 is 13.6 Å². The van der Waals surface area contributed by atoms with Gasteiger partial charge in [0.2, 0.25) is 5.91 Å². The number of rotatable bonds is 5. The summed E-state index contributed by atoms with van der Waals surface area (Å²) in [5.74, 6) is -1.33. The van der Waals surface area contributed by atoms with Crippen LogP contribution in [0.5, 0.6) is 0 Å². The predicted octanol–water partition coefficient (Wildman–Crippen LogP) is 3.54. The Morgan fingerprint density at radius 3 is 2.63 bits per heavy atom. The Bertz CT molecular complexity index is 1300. The summed E-state index contributed by atoms with van der Waals surface area (Å²) in [7, 11) is 0. The lowest BCUT2D eigenvalue weighted by atomic mass is 10.3. The van der Waals surface area contributed by atoms with E-state index < -0.39 is 5.82 Å². The van der Waals surface area contributed by atoms with Gasteiger partial charge in [0.15, 0.2) is 5.65 Å². The topological polar surface area (TPSA) is 81.8 Å². The zero-order valence-corrected chi connectivity index (χ0v) is 16.1. The number of aryl methyl sites for hydroxylation is 1. The Morgan fingerprint density at radius 1 is 1.13 bits per heavy atom. The van der Waals surface area contributed by atoms with Crippen molar-refractivity contribution in [2.24, 2.45) is 0 Å². The van der Waals surface area contributed by atoms with Crippen LogP contribution in [0.25, 0.3) is 16.7 Å². The molecule has 2 aromatic heterocycles. The molecule has 0 atom stereocenters. The molecule has 4 rings (SSSR count). The third-order valence-corrected chi connectivity index (χ3v) is 4.70. The molecule has 0 fully saturated rings. The SMILES string of the molecule is O=C(CCn1cnc2c(cnn2-c2ccc(F)cc2)c1=O)Nc1ccc(F)c(Cl)c1. The molecule has 0 bridgehead atoms.